The number of halogens is 1. The molecule has 3 heteroatoms. The van der Waals surface area contributed by atoms with Crippen molar-refractivity contribution in [1.82, 2.24) is 4.98 Å². The second-order valence-corrected chi connectivity index (χ2v) is 19.4. The molecule has 0 spiro atoms. The molecule has 6 aromatic rings. The summed E-state index contributed by atoms with van der Waals surface area (Å²) in [5, 5.41) is 13.4. The van der Waals surface area contributed by atoms with Crippen LogP contribution in [0.4, 0.5) is 0 Å². The summed E-state index contributed by atoms with van der Waals surface area (Å²) < 4.78 is 0. The molecule has 0 aliphatic heterocycles. The number of aromatic nitrogens is 1. The van der Waals surface area contributed by atoms with Crippen LogP contribution >= 0.6 is 11.6 Å². The second-order valence-electron chi connectivity index (χ2n) is 19.0. The minimum atomic E-state index is 0.165. The first kappa shape index (κ1) is 44.9. The van der Waals surface area contributed by atoms with Crippen molar-refractivity contribution in [3.05, 3.63) is 158 Å². The minimum Gasteiger partial charge on any atom is -0.256 e. The Morgan fingerprint density at radius 1 is 0.455 bits per heavy atom. The summed E-state index contributed by atoms with van der Waals surface area (Å²) in [6.45, 7) is 35.3. The quantitative estimate of drug-likeness (QED) is 0.155. The van der Waals surface area contributed by atoms with Crippen molar-refractivity contribution < 1.29 is 0 Å². The molecular weight excluding hydrogens is 688 g/mol. The van der Waals surface area contributed by atoms with E-state index in [0.29, 0.717) is 0 Å². The van der Waals surface area contributed by atoms with Crippen LogP contribution in [-0.4, -0.2) is 4.98 Å². The molecule has 0 saturated carbocycles. The summed E-state index contributed by atoms with van der Waals surface area (Å²) in [5.41, 5.74) is 13.4. The third kappa shape index (κ3) is 12.8. The van der Waals surface area contributed by atoms with Gasteiger partial charge in [-0.2, -0.15) is 5.26 Å². The molecule has 0 aliphatic carbocycles. The first-order chi connectivity index (χ1) is 25.3. The molecular formula is C52H65ClN2. The van der Waals surface area contributed by atoms with Crippen LogP contribution in [0.2, 0.25) is 5.02 Å². The number of pyridine rings is 1. The van der Waals surface area contributed by atoms with Crippen molar-refractivity contribution in [2.45, 2.75) is 132 Å². The highest BCUT2D eigenvalue weighted by molar-refractivity contribution is 6.30. The first-order valence-corrected chi connectivity index (χ1v) is 19.8. The van der Waals surface area contributed by atoms with Crippen molar-refractivity contribution in [3.63, 3.8) is 0 Å². The van der Waals surface area contributed by atoms with E-state index in [4.69, 9.17) is 16.9 Å². The van der Waals surface area contributed by atoms with Gasteiger partial charge < -0.3 is 0 Å². The number of hydrogen-bond acceptors (Lipinski definition) is 2. The van der Waals surface area contributed by atoms with E-state index in [0.717, 1.165) is 16.1 Å². The summed E-state index contributed by atoms with van der Waals surface area (Å²) in [6.07, 6.45) is 1.85. The fraction of sp³-hybridized carbons (Fsp3) is 0.385. The van der Waals surface area contributed by atoms with E-state index in [1.54, 1.807) is 0 Å². The van der Waals surface area contributed by atoms with Crippen LogP contribution < -0.4 is 0 Å². The SMILES string of the molecule is Cc1cc(C#N)ccc1C(C)(C)C.Cc1cc(Cl)ccc1C(C)(C)C.Cc1cc2ccccc2cc1C(C)(C)C.Cc1cc2ncccc2cc1C(C)(C)C. The molecule has 0 N–H and O–H groups in total. The smallest absolute Gasteiger partial charge is 0.0991 e. The molecule has 55 heavy (non-hydrogen) atoms. The molecule has 0 radical (unpaired) electrons. The predicted octanol–water partition coefficient (Wildman–Crippen LogP) is 15.4. The lowest BCUT2D eigenvalue weighted by Gasteiger charge is -2.22. The van der Waals surface area contributed by atoms with E-state index in [-0.39, 0.29) is 21.7 Å². The van der Waals surface area contributed by atoms with Crippen LogP contribution in [0.25, 0.3) is 21.7 Å². The molecule has 5 aromatic carbocycles. The maximum absolute atomic E-state index is 8.71. The third-order valence-corrected chi connectivity index (χ3v) is 10.1. The van der Waals surface area contributed by atoms with Gasteiger partial charge in [-0.25, -0.2) is 0 Å². The highest BCUT2D eigenvalue weighted by atomic mass is 35.5. The maximum atomic E-state index is 8.71. The van der Waals surface area contributed by atoms with Gasteiger partial charge >= 0.3 is 0 Å². The Bertz CT molecular complexity index is 2160. The van der Waals surface area contributed by atoms with Gasteiger partial charge in [0, 0.05) is 16.6 Å². The predicted molar refractivity (Wildman–Crippen MR) is 242 cm³/mol. The summed E-state index contributed by atoms with van der Waals surface area (Å²) in [6, 6.07) is 35.8. The van der Waals surface area contributed by atoms with Crippen LogP contribution in [-0.2, 0) is 21.7 Å². The largest absolute Gasteiger partial charge is 0.256 e. The summed E-state index contributed by atoms with van der Waals surface area (Å²) in [7, 11) is 0. The average molecular weight is 754 g/mol. The van der Waals surface area contributed by atoms with Gasteiger partial charge in [0.2, 0.25) is 0 Å². The topological polar surface area (TPSA) is 36.7 Å². The van der Waals surface area contributed by atoms with E-state index in [9.17, 15) is 0 Å². The van der Waals surface area contributed by atoms with Crippen LogP contribution in [0.3, 0.4) is 0 Å². The summed E-state index contributed by atoms with van der Waals surface area (Å²) in [5.74, 6) is 0. The molecule has 0 unspecified atom stereocenters. The van der Waals surface area contributed by atoms with E-state index in [2.05, 4.69) is 182 Å². The number of hydrogen-bond donors (Lipinski definition) is 0. The second kappa shape index (κ2) is 18.0. The lowest BCUT2D eigenvalue weighted by Crippen LogP contribution is -2.12. The third-order valence-electron chi connectivity index (χ3n) is 9.82. The Balaban J connectivity index is 0.000000198. The molecule has 0 fully saturated rings. The van der Waals surface area contributed by atoms with Crippen LogP contribution in [0.1, 0.15) is 133 Å². The zero-order valence-corrected chi connectivity index (χ0v) is 37.3. The fourth-order valence-corrected chi connectivity index (χ4v) is 7.46. The number of nitrogens with zero attached hydrogens (tertiary/aromatic N) is 2. The molecule has 0 bridgehead atoms. The molecule has 290 valence electrons. The molecule has 0 aliphatic rings. The van der Waals surface area contributed by atoms with Crippen LogP contribution in [0.5, 0.6) is 0 Å². The van der Waals surface area contributed by atoms with Crippen molar-refractivity contribution in [2.24, 2.45) is 0 Å². The first-order valence-electron chi connectivity index (χ1n) is 19.5. The Morgan fingerprint density at radius 2 is 0.873 bits per heavy atom. The fourth-order valence-electron chi connectivity index (χ4n) is 7.24. The van der Waals surface area contributed by atoms with Gasteiger partial charge in [-0.3, -0.25) is 4.98 Å². The van der Waals surface area contributed by atoms with E-state index in [1.807, 2.05) is 42.6 Å². The minimum absolute atomic E-state index is 0.165. The number of rotatable bonds is 0. The number of nitriles is 1. The summed E-state index contributed by atoms with van der Waals surface area (Å²) in [4.78, 5) is 4.37. The number of benzene rings is 5. The number of fused-ring (bicyclic) bond motifs is 2. The molecule has 1 aromatic heterocycles. The van der Waals surface area contributed by atoms with Gasteiger partial charge in [0.15, 0.2) is 0 Å². The molecule has 0 saturated heterocycles. The number of aryl methyl sites for hydroxylation is 4. The Morgan fingerprint density at radius 3 is 1.35 bits per heavy atom. The van der Waals surface area contributed by atoms with Crippen molar-refractivity contribution >= 4 is 33.3 Å². The van der Waals surface area contributed by atoms with Crippen LogP contribution in [0, 0.1) is 39.0 Å². The van der Waals surface area contributed by atoms with E-state index < -0.39 is 0 Å². The van der Waals surface area contributed by atoms with Gasteiger partial charge in [-0.05, 0) is 147 Å². The van der Waals surface area contributed by atoms with Crippen molar-refractivity contribution in [2.75, 3.05) is 0 Å². The standard InChI is InChI=1S/C15H18.C14H17N.C12H15N.C11H15Cl/c1-11-9-12-7-5-6-8-13(12)10-14(11)15(2,3)4;1-10-8-13-11(6-5-7-15-13)9-12(10)14(2,3)4;1-9-7-10(8-13)5-6-11(9)12(2,3)4;1-8-7-9(12)5-6-10(8)11(2,3)4/h5-10H,1-4H3;5-9H,1-4H3;5-7H,1-4H3;5-7H,1-4H3. The van der Waals surface area contributed by atoms with Crippen LogP contribution in [0.15, 0.2) is 103 Å². The van der Waals surface area contributed by atoms with Gasteiger partial charge in [0.1, 0.15) is 0 Å². The van der Waals surface area contributed by atoms with Gasteiger partial charge in [-0.1, -0.05) is 149 Å². The van der Waals surface area contributed by atoms with Gasteiger partial charge in [0.25, 0.3) is 0 Å². The molecule has 0 amide bonds. The highest BCUT2D eigenvalue weighted by Crippen LogP contribution is 2.31. The Labute approximate surface area is 339 Å². The van der Waals surface area contributed by atoms with Crippen molar-refractivity contribution in [1.29, 1.82) is 5.26 Å². The van der Waals surface area contributed by atoms with Gasteiger partial charge in [0.05, 0.1) is 17.1 Å². The lowest BCUT2D eigenvalue weighted by molar-refractivity contribution is 0.586. The normalized spacial score (nSPS) is 11.7. The maximum Gasteiger partial charge on any atom is 0.0991 e. The monoisotopic (exact) mass is 752 g/mol. The zero-order chi connectivity index (χ0) is 41.5. The molecule has 6 rings (SSSR count). The molecule has 1 heterocycles. The average Bonchev–Trinajstić information content (AvgIpc) is 3.06. The zero-order valence-electron chi connectivity index (χ0n) is 36.6. The summed E-state index contributed by atoms with van der Waals surface area (Å²) >= 11 is 5.87. The Hall–Kier alpha value is -4.45. The lowest BCUT2D eigenvalue weighted by atomic mass is 9.83. The van der Waals surface area contributed by atoms with E-state index >= 15 is 0 Å². The molecule has 2 nitrogen and oxygen atoms in total. The van der Waals surface area contributed by atoms with Gasteiger partial charge in [-0.15, -0.1) is 0 Å². The van der Waals surface area contributed by atoms with E-state index in [1.165, 1.54) is 60.7 Å². The Kier molecular flexibility index (Phi) is 14.7. The van der Waals surface area contributed by atoms with Crippen molar-refractivity contribution in [3.8, 4) is 6.07 Å². The molecule has 0 atom stereocenters. The highest BCUT2D eigenvalue weighted by Gasteiger charge is 2.19.